The Hall–Kier alpha value is -3.15. The van der Waals surface area contributed by atoms with E-state index in [0.717, 1.165) is 11.1 Å². The van der Waals surface area contributed by atoms with Gasteiger partial charge >= 0.3 is 0 Å². The van der Waals surface area contributed by atoms with Gasteiger partial charge in [0, 0.05) is 12.3 Å². The Kier molecular flexibility index (Phi) is 4.05. The van der Waals surface area contributed by atoms with Crippen LogP contribution >= 0.6 is 0 Å². The zero-order chi connectivity index (χ0) is 16.2. The van der Waals surface area contributed by atoms with Crippen molar-refractivity contribution in [2.45, 2.75) is 13.5 Å². The second-order valence-corrected chi connectivity index (χ2v) is 5.18. The number of amides is 1. The van der Waals surface area contributed by atoms with E-state index in [2.05, 4.69) is 15.0 Å². The van der Waals surface area contributed by atoms with Gasteiger partial charge < -0.3 is 14.4 Å². The summed E-state index contributed by atoms with van der Waals surface area (Å²) < 4.78 is 6.15. The van der Waals surface area contributed by atoms with Crippen molar-refractivity contribution in [3.05, 3.63) is 82.0 Å². The fourth-order valence-corrected chi connectivity index (χ4v) is 2.30. The lowest BCUT2D eigenvalue weighted by atomic mass is 10.1. The monoisotopic (exact) mass is 309 g/mol. The maximum Gasteiger partial charge on any atom is 0.263 e. The summed E-state index contributed by atoms with van der Waals surface area (Å²) in [5.41, 5.74) is 1.83. The number of rotatable bonds is 4. The van der Waals surface area contributed by atoms with E-state index in [0.29, 0.717) is 6.54 Å². The summed E-state index contributed by atoms with van der Waals surface area (Å²) in [4.78, 5) is 24.7. The van der Waals surface area contributed by atoms with E-state index in [-0.39, 0.29) is 16.9 Å². The highest BCUT2D eigenvalue weighted by molar-refractivity contribution is 6.03. The van der Waals surface area contributed by atoms with Gasteiger partial charge in [-0.15, -0.1) is 0 Å². The normalized spacial score (nSPS) is 10.5. The molecule has 116 valence electrons. The van der Waals surface area contributed by atoms with Crippen LogP contribution in [0, 0.1) is 6.92 Å². The first-order valence-corrected chi connectivity index (χ1v) is 7.10. The van der Waals surface area contributed by atoms with E-state index in [9.17, 15) is 9.59 Å². The third-order valence-corrected chi connectivity index (χ3v) is 3.38. The molecule has 23 heavy (non-hydrogen) atoms. The summed E-state index contributed by atoms with van der Waals surface area (Å²) in [6.07, 6.45) is 3.01. The van der Waals surface area contributed by atoms with Crippen molar-refractivity contribution in [3.63, 3.8) is 0 Å². The molecule has 0 atom stereocenters. The third-order valence-electron chi connectivity index (χ3n) is 3.38. The molecule has 0 aliphatic heterocycles. The maximum atomic E-state index is 12.5. The molecule has 2 aromatic heterocycles. The molecule has 6 heteroatoms. The average Bonchev–Trinajstić information content (AvgIpc) is 3.02. The van der Waals surface area contributed by atoms with E-state index in [4.69, 9.17) is 0 Å². The molecule has 3 rings (SSSR count). The first-order valence-electron chi connectivity index (χ1n) is 7.10. The van der Waals surface area contributed by atoms with Crippen molar-refractivity contribution in [1.82, 2.24) is 9.72 Å². The van der Waals surface area contributed by atoms with Gasteiger partial charge in [-0.05, 0) is 24.6 Å². The van der Waals surface area contributed by atoms with Gasteiger partial charge in [-0.2, -0.15) is 0 Å². The Morgan fingerprint density at radius 2 is 2.13 bits per heavy atom. The molecule has 0 bridgehead atoms. The predicted molar refractivity (Wildman–Crippen MR) is 85.4 cm³/mol. The average molecular weight is 309 g/mol. The lowest BCUT2D eigenvalue weighted by molar-refractivity contribution is 0.102. The fourth-order valence-electron chi connectivity index (χ4n) is 2.30. The van der Waals surface area contributed by atoms with E-state index in [1.807, 2.05) is 31.2 Å². The minimum Gasteiger partial charge on any atom is -0.363 e. The highest BCUT2D eigenvalue weighted by atomic mass is 16.5. The molecule has 6 nitrogen and oxygen atoms in total. The highest BCUT2D eigenvalue weighted by Gasteiger charge is 2.13. The quantitative estimate of drug-likeness (QED) is 0.803. The van der Waals surface area contributed by atoms with Crippen LogP contribution in [0.3, 0.4) is 0 Å². The number of nitrogens with one attached hydrogen (secondary N) is 1. The SMILES string of the molecule is Cc1cccc(Cn2cccc(C(=O)Nc3ccon3)c2=O)c1. The number of aryl methyl sites for hydroxylation is 1. The van der Waals surface area contributed by atoms with Crippen molar-refractivity contribution >= 4 is 11.7 Å². The maximum absolute atomic E-state index is 12.5. The lowest BCUT2D eigenvalue weighted by Gasteiger charge is -2.08. The van der Waals surface area contributed by atoms with Crippen LogP contribution in [0.15, 0.2) is 64.2 Å². The predicted octanol–water partition coefficient (Wildman–Crippen LogP) is 2.45. The number of benzene rings is 1. The zero-order valence-electron chi connectivity index (χ0n) is 12.5. The molecule has 0 saturated carbocycles. The second kappa shape index (κ2) is 6.31. The zero-order valence-corrected chi connectivity index (χ0v) is 12.5. The smallest absolute Gasteiger partial charge is 0.263 e. The van der Waals surface area contributed by atoms with Gasteiger partial charge in [0.15, 0.2) is 5.82 Å². The first kappa shape index (κ1) is 14.8. The number of aromatic nitrogens is 2. The minimum atomic E-state index is -0.512. The molecule has 1 aromatic carbocycles. The van der Waals surface area contributed by atoms with Crippen LogP contribution in [0.1, 0.15) is 21.5 Å². The van der Waals surface area contributed by atoms with Crippen LogP contribution in [0.25, 0.3) is 0 Å². The summed E-state index contributed by atoms with van der Waals surface area (Å²) in [6, 6.07) is 12.6. The van der Waals surface area contributed by atoms with Crippen LogP contribution in [-0.2, 0) is 6.54 Å². The number of carbonyl (C=O) groups is 1. The molecular weight excluding hydrogens is 294 g/mol. The number of hydrogen-bond acceptors (Lipinski definition) is 4. The van der Waals surface area contributed by atoms with Gasteiger partial charge in [0.25, 0.3) is 11.5 Å². The van der Waals surface area contributed by atoms with Crippen molar-refractivity contribution in [2.75, 3.05) is 5.32 Å². The van der Waals surface area contributed by atoms with Gasteiger partial charge in [0.2, 0.25) is 0 Å². The molecule has 0 saturated heterocycles. The van der Waals surface area contributed by atoms with E-state index in [1.54, 1.807) is 12.3 Å². The van der Waals surface area contributed by atoms with Crippen molar-refractivity contribution in [3.8, 4) is 0 Å². The summed E-state index contributed by atoms with van der Waals surface area (Å²) in [7, 11) is 0. The summed E-state index contributed by atoms with van der Waals surface area (Å²) in [6.45, 7) is 2.40. The molecule has 1 N–H and O–H groups in total. The summed E-state index contributed by atoms with van der Waals surface area (Å²) in [5.74, 6) is -0.244. The Balaban J connectivity index is 1.86. The molecule has 0 fully saturated rings. The molecule has 1 amide bonds. The third kappa shape index (κ3) is 3.37. The van der Waals surface area contributed by atoms with Crippen LogP contribution < -0.4 is 10.9 Å². The van der Waals surface area contributed by atoms with Crippen molar-refractivity contribution in [2.24, 2.45) is 0 Å². The summed E-state index contributed by atoms with van der Waals surface area (Å²) in [5, 5.41) is 6.12. The van der Waals surface area contributed by atoms with Gasteiger partial charge in [-0.1, -0.05) is 35.0 Å². The fraction of sp³-hybridized carbons (Fsp3) is 0.118. The summed E-state index contributed by atoms with van der Waals surface area (Å²) >= 11 is 0. The largest absolute Gasteiger partial charge is 0.363 e. The molecule has 2 heterocycles. The number of pyridine rings is 1. The van der Waals surface area contributed by atoms with Crippen LogP contribution in [0.5, 0.6) is 0 Å². The number of nitrogens with zero attached hydrogens (tertiary/aromatic N) is 2. The Morgan fingerprint density at radius 1 is 1.26 bits per heavy atom. The van der Waals surface area contributed by atoms with Gasteiger partial charge in [0.1, 0.15) is 11.8 Å². The molecular formula is C17H15N3O3. The van der Waals surface area contributed by atoms with Gasteiger partial charge in [0.05, 0.1) is 6.54 Å². The molecule has 0 aliphatic rings. The minimum absolute atomic E-state index is 0.0585. The Morgan fingerprint density at radius 3 is 2.87 bits per heavy atom. The molecule has 3 aromatic rings. The standard InChI is InChI=1S/C17H15N3O3/c1-12-4-2-5-13(10-12)11-20-8-3-6-14(17(20)22)16(21)18-15-7-9-23-19-15/h2-10H,11H2,1H3,(H,18,19,21). The molecule has 0 unspecified atom stereocenters. The van der Waals surface area contributed by atoms with Gasteiger partial charge in [-0.25, -0.2) is 0 Å². The Bertz CT molecular complexity index is 882. The molecule has 0 aliphatic carbocycles. The van der Waals surface area contributed by atoms with Crippen LogP contribution in [-0.4, -0.2) is 15.6 Å². The number of carbonyl (C=O) groups excluding carboxylic acids is 1. The lowest BCUT2D eigenvalue weighted by Crippen LogP contribution is -2.29. The number of anilines is 1. The number of hydrogen-bond donors (Lipinski definition) is 1. The van der Waals surface area contributed by atoms with Crippen molar-refractivity contribution in [1.29, 1.82) is 0 Å². The first-order chi connectivity index (χ1) is 11.1. The van der Waals surface area contributed by atoms with Gasteiger partial charge in [-0.3, -0.25) is 9.59 Å². The topological polar surface area (TPSA) is 77.1 Å². The van der Waals surface area contributed by atoms with E-state index >= 15 is 0 Å². The van der Waals surface area contributed by atoms with Crippen LogP contribution in [0.4, 0.5) is 5.82 Å². The second-order valence-electron chi connectivity index (χ2n) is 5.18. The van der Waals surface area contributed by atoms with Crippen LogP contribution in [0.2, 0.25) is 0 Å². The Labute approximate surface area is 132 Å². The van der Waals surface area contributed by atoms with E-state index in [1.165, 1.54) is 23.0 Å². The molecule has 0 spiro atoms. The van der Waals surface area contributed by atoms with Crippen molar-refractivity contribution < 1.29 is 9.32 Å². The van der Waals surface area contributed by atoms with E-state index < -0.39 is 5.91 Å². The highest BCUT2D eigenvalue weighted by Crippen LogP contribution is 2.07. The molecule has 0 radical (unpaired) electrons.